The van der Waals surface area contributed by atoms with Crippen LogP contribution in [0.4, 0.5) is 13.2 Å². The number of nitrogens with zero attached hydrogens (tertiary/aromatic N) is 1. The molecule has 11 heteroatoms. The van der Waals surface area contributed by atoms with E-state index in [9.17, 15) is 33.3 Å². The number of pyridine rings is 1. The Morgan fingerprint density at radius 1 is 1.10 bits per heavy atom. The molecule has 0 bridgehead atoms. The van der Waals surface area contributed by atoms with Crippen LogP contribution >= 0.6 is 0 Å². The molecule has 1 aromatic heterocycles. The molecule has 8 nitrogen and oxygen atoms in total. The first-order chi connectivity index (χ1) is 13.6. The standard InChI is InChI=1S/C18H18F3NO7/c19-18(20,21)9-2-4-11-8(7-9)1-3-10(22-11)5-6-28-17-14(25)12(23)13(24)15(29-17)16(26)27/h1-4,7,12-15,17,23-25H,5-6H2,(H,26,27). The number of carboxylic acid groups (broad SMARTS) is 1. The molecule has 0 spiro atoms. The van der Waals surface area contributed by atoms with Crippen molar-refractivity contribution in [2.75, 3.05) is 6.61 Å². The van der Waals surface area contributed by atoms with Crippen molar-refractivity contribution in [1.82, 2.24) is 4.98 Å². The highest BCUT2D eigenvalue weighted by Gasteiger charge is 2.47. The smallest absolute Gasteiger partial charge is 0.416 e. The van der Waals surface area contributed by atoms with Gasteiger partial charge in [-0.05, 0) is 24.3 Å². The summed E-state index contributed by atoms with van der Waals surface area (Å²) >= 11 is 0. The SMILES string of the molecule is O=C(O)C1OC(OCCc2ccc3cc(C(F)(F)F)ccc3n2)C(O)C(O)C1O. The maximum Gasteiger partial charge on any atom is 0.416 e. The number of hydrogen-bond donors (Lipinski definition) is 4. The van der Waals surface area contributed by atoms with Crippen molar-refractivity contribution in [3.05, 3.63) is 41.6 Å². The second-order valence-electron chi connectivity index (χ2n) is 6.56. The molecule has 1 aliphatic rings. The van der Waals surface area contributed by atoms with Gasteiger partial charge < -0.3 is 29.9 Å². The third kappa shape index (κ3) is 4.65. The molecule has 1 aliphatic heterocycles. The van der Waals surface area contributed by atoms with E-state index in [0.29, 0.717) is 16.6 Å². The molecule has 5 unspecified atom stereocenters. The summed E-state index contributed by atoms with van der Waals surface area (Å²) in [5, 5.41) is 38.5. The number of carbonyl (C=O) groups is 1. The number of alkyl halides is 3. The Balaban J connectivity index is 1.64. The number of ether oxygens (including phenoxy) is 2. The zero-order valence-electron chi connectivity index (χ0n) is 14.8. The van der Waals surface area contributed by atoms with E-state index in [0.717, 1.165) is 12.1 Å². The number of carboxylic acids is 1. The zero-order valence-corrected chi connectivity index (χ0v) is 14.8. The summed E-state index contributed by atoms with van der Waals surface area (Å²) in [5.74, 6) is -1.52. The normalized spacial score (nSPS) is 27.9. The van der Waals surface area contributed by atoms with Crippen LogP contribution in [-0.4, -0.2) is 68.7 Å². The van der Waals surface area contributed by atoms with Crippen LogP contribution in [0, 0.1) is 0 Å². The molecular formula is C18H18F3NO7. The quantitative estimate of drug-likeness (QED) is 0.560. The minimum atomic E-state index is -4.45. The lowest BCUT2D eigenvalue weighted by Gasteiger charge is -2.38. The Morgan fingerprint density at radius 3 is 2.48 bits per heavy atom. The summed E-state index contributed by atoms with van der Waals surface area (Å²) in [4.78, 5) is 15.3. The van der Waals surface area contributed by atoms with Crippen molar-refractivity contribution in [2.45, 2.75) is 43.3 Å². The van der Waals surface area contributed by atoms with Crippen molar-refractivity contribution in [1.29, 1.82) is 0 Å². The van der Waals surface area contributed by atoms with Gasteiger partial charge in [-0.15, -0.1) is 0 Å². The molecule has 4 N–H and O–H groups in total. The Labute approximate surface area is 162 Å². The monoisotopic (exact) mass is 417 g/mol. The van der Waals surface area contributed by atoms with Crippen molar-refractivity contribution in [3.8, 4) is 0 Å². The van der Waals surface area contributed by atoms with Gasteiger partial charge in [0.15, 0.2) is 12.4 Å². The van der Waals surface area contributed by atoms with Crippen LogP contribution in [-0.2, 0) is 26.9 Å². The van der Waals surface area contributed by atoms with Gasteiger partial charge >= 0.3 is 12.1 Å². The minimum Gasteiger partial charge on any atom is -0.479 e. The van der Waals surface area contributed by atoms with E-state index in [1.54, 1.807) is 0 Å². The fourth-order valence-electron chi connectivity index (χ4n) is 2.95. The van der Waals surface area contributed by atoms with Crippen molar-refractivity contribution in [2.24, 2.45) is 0 Å². The summed E-state index contributed by atoms with van der Waals surface area (Å²) in [6, 6.07) is 6.18. The van der Waals surface area contributed by atoms with Gasteiger partial charge in [-0.1, -0.05) is 6.07 Å². The first kappa shape index (κ1) is 21.4. The molecule has 158 valence electrons. The highest BCUT2D eigenvalue weighted by atomic mass is 19.4. The summed E-state index contributed by atoms with van der Waals surface area (Å²) in [6.45, 7) is -0.0873. The third-order valence-corrected chi connectivity index (χ3v) is 4.53. The lowest BCUT2D eigenvalue weighted by molar-refractivity contribution is -0.293. The van der Waals surface area contributed by atoms with E-state index in [1.807, 2.05) is 0 Å². The van der Waals surface area contributed by atoms with E-state index in [-0.39, 0.29) is 13.0 Å². The van der Waals surface area contributed by atoms with E-state index >= 15 is 0 Å². The van der Waals surface area contributed by atoms with Crippen molar-refractivity contribution >= 4 is 16.9 Å². The first-order valence-corrected chi connectivity index (χ1v) is 8.59. The van der Waals surface area contributed by atoms with Gasteiger partial charge in [0.2, 0.25) is 0 Å². The molecule has 0 aliphatic carbocycles. The van der Waals surface area contributed by atoms with Crippen LogP contribution in [0.1, 0.15) is 11.3 Å². The molecule has 1 saturated heterocycles. The number of aliphatic carboxylic acids is 1. The van der Waals surface area contributed by atoms with Crippen LogP contribution in [0.25, 0.3) is 10.9 Å². The maximum absolute atomic E-state index is 12.8. The Bertz CT molecular complexity index is 891. The second-order valence-corrected chi connectivity index (χ2v) is 6.56. The van der Waals surface area contributed by atoms with Gasteiger partial charge in [-0.2, -0.15) is 13.2 Å². The molecule has 1 aromatic carbocycles. The van der Waals surface area contributed by atoms with E-state index < -0.39 is 48.4 Å². The number of hydrogen-bond acceptors (Lipinski definition) is 7. The first-order valence-electron chi connectivity index (χ1n) is 8.59. The maximum atomic E-state index is 12.8. The highest BCUT2D eigenvalue weighted by Crippen LogP contribution is 2.31. The molecule has 2 heterocycles. The largest absolute Gasteiger partial charge is 0.479 e. The number of aliphatic hydroxyl groups excluding tert-OH is 3. The average molecular weight is 417 g/mol. The van der Waals surface area contributed by atoms with E-state index in [4.69, 9.17) is 14.6 Å². The Kier molecular flexibility index (Phi) is 6.05. The number of aliphatic hydroxyl groups is 3. The molecular weight excluding hydrogens is 399 g/mol. The van der Waals surface area contributed by atoms with Gasteiger partial charge in [-0.3, -0.25) is 4.98 Å². The highest BCUT2D eigenvalue weighted by molar-refractivity contribution is 5.79. The predicted octanol–water partition coefficient (Wildman–Crippen LogP) is 0.705. The lowest BCUT2D eigenvalue weighted by Crippen LogP contribution is -2.60. The molecule has 0 saturated carbocycles. The van der Waals surface area contributed by atoms with Crippen LogP contribution in [0.5, 0.6) is 0 Å². The summed E-state index contributed by atoms with van der Waals surface area (Å²) in [7, 11) is 0. The Morgan fingerprint density at radius 2 is 1.83 bits per heavy atom. The Hall–Kier alpha value is -2.31. The van der Waals surface area contributed by atoms with Crippen LogP contribution in [0.15, 0.2) is 30.3 Å². The minimum absolute atomic E-state index is 0.0873. The average Bonchev–Trinajstić information content (AvgIpc) is 2.66. The number of benzene rings is 1. The fraction of sp³-hybridized carbons (Fsp3) is 0.444. The van der Waals surface area contributed by atoms with E-state index in [2.05, 4.69) is 4.98 Å². The third-order valence-electron chi connectivity index (χ3n) is 4.53. The fourth-order valence-corrected chi connectivity index (χ4v) is 2.95. The predicted molar refractivity (Wildman–Crippen MR) is 90.7 cm³/mol. The van der Waals surface area contributed by atoms with Crippen LogP contribution < -0.4 is 0 Å². The molecule has 0 amide bonds. The molecule has 2 aromatic rings. The molecule has 3 rings (SSSR count). The lowest BCUT2D eigenvalue weighted by atomic mass is 9.99. The van der Waals surface area contributed by atoms with Gasteiger partial charge in [0, 0.05) is 17.5 Å². The number of rotatable bonds is 5. The van der Waals surface area contributed by atoms with Crippen molar-refractivity contribution in [3.63, 3.8) is 0 Å². The van der Waals surface area contributed by atoms with Gasteiger partial charge in [0.1, 0.15) is 18.3 Å². The number of halogens is 3. The zero-order chi connectivity index (χ0) is 21.3. The molecule has 1 fully saturated rings. The molecule has 0 radical (unpaired) electrons. The van der Waals surface area contributed by atoms with Gasteiger partial charge in [0.05, 0.1) is 17.7 Å². The van der Waals surface area contributed by atoms with E-state index in [1.165, 1.54) is 18.2 Å². The van der Waals surface area contributed by atoms with Gasteiger partial charge in [-0.25, -0.2) is 4.79 Å². The summed E-state index contributed by atoms with van der Waals surface area (Å²) in [5.41, 5.74) is 0.0620. The molecule has 29 heavy (non-hydrogen) atoms. The summed E-state index contributed by atoms with van der Waals surface area (Å²) in [6.07, 6.45) is -12.8. The summed E-state index contributed by atoms with van der Waals surface area (Å²) < 4.78 is 48.5. The van der Waals surface area contributed by atoms with Crippen LogP contribution in [0.2, 0.25) is 0 Å². The molecule has 5 atom stereocenters. The van der Waals surface area contributed by atoms with Crippen LogP contribution in [0.3, 0.4) is 0 Å². The van der Waals surface area contributed by atoms with Crippen molar-refractivity contribution < 1.29 is 47.9 Å². The number of aromatic nitrogens is 1. The number of fused-ring (bicyclic) bond motifs is 1. The van der Waals surface area contributed by atoms with Gasteiger partial charge in [0.25, 0.3) is 0 Å². The second kappa shape index (κ2) is 8.20. The topological polar surface area (TPSA) is 129 Å².